The number of rotatable bonds is 3. The van der Waals surface area contributed by atoms with Crippen LogP contribution in [0, 0.1) is 12.8 Å². The van der Waals surface area contributed by atoms with E-state index in [1.165, 1.54) is 12.8 Å². The molecule has 1 fully saturated rings. The average molecular weight is 226 g/mol. The molecule has 1 aliphatic carbocycles. The minimum Gasteiger partial charge on any atom is -0.357 e. The lowest BCUT2D eigenvalue weighted by Gasteiger charge is -2.26. The second kappa shape index (κ2) is 3.97. The lowest BCUT2D eigenvalue weighted by atomic mass is 10.2. The van der Waals surface area contributed by atoms with Gasteiger partial charge in [-0.25, -0.2) is 9.97 Å². The van der Waals surface area contributed by atoms with Crippen molar-refractivity contribution in [2.45, 2.75) is 32.7 Å². The van der Waals surface area contributed by atoms with E-state index < -0.39 is 0 Å². The Morgan fingerprint density at radius 3 is 2.67 bits per heavy atom. The molecule has 1 saturated carbocycles. The lowest BCUT2D eigenvalue weighted by molar-refractivity contribution is 0.603. The minimum absolute atomic E-state index is 0.333. The van der Waals surface area contributed by atoms with Gasteiger partial charge in [-0.2, -0.15) is 0 Å². The topological polar surface area (TPSA) is 29.0 Å². The number of hydrogen-bond acceptors (Lipinski definition) is 3. The fraction of sp³-hybridized carbons (Fsp3) is 0.636. The van der Waals surface area contributed by atoms with Crippen LogP contribution in [0.15, 0.2) is 6.07 Å². The second-order valence-corrected chi connectivity index (χ2v) is 4.66. The molecule has 4 heteroatoms. The van der Waals surface area contributed by atoms with Crippen molar-refractivity contribution < 1.29 is 0 Å². The van der Waals surface area contributed by atoms with Crippen molar-refractivity contribution in [3.05, 3.63) is 17.0 Å². The van der Waals surface area contributed by atoms with Gasteiger partial charge < -0.3 is 4.90 Å². The fourth-order valence-electron chi connectivity index (χ4n) is 1.80. The highest BCUT2D eigenvalue weighted by molar-refractivity contribution is 6.28. The zero-order valence-corrected chi connectivity index (χ0v) is 10.1. The van der Waals surface area contributed by atoms with Crippen LogP contribution in [0.2, 0.25) is 5.28 Å². The monoisotopic (exact) mass is 225 g/mol. The number of aryl methyl sites for hydroxylation is 1. The molecule has 15 heavy (non-hydrogen) atoms. The summed E-state index contributed by atoms with van der Waals surface area (Å²) in [6.07, 6.45) is 2.67. The van der Waals surface area contributed by atoms with Gasteiger partial charge in [0.25, 0.3) is 0 Å². The Balaban J connectivity index is 2.19. The molecule has 1 heterocycles. The van der Waals surface area contributed by atoms with Gasteiger partial charge in [-0.3, -0.25) is 0 Å². The maximum absolute atomic E-state index is 5.85. The lowest BCUT2D eigenvalue weighted by Crippen LogP contribution is -2.31. The third kappa shape index (κ3) is 2.40. The number of hydrogen-bond donors (Lipinski definition) is 0. The normalized spacial score (nSPS) is 17.6. The summed E-state index contributed by atoms with van der Waals surface area (Å²) in [4.78, 5) is 10.5. The molecular formula is C11H16ClN3. The first-order valence-electron chi connectivity index (χ1n) is 5.32. The van der Waals surface area contributed by atoms with Gasteiger partial charge in [0, 0.05) is 24.8 Å². The first kappa shape index (κ1) is 10.7. The van der Waals surface area contributed by atoms with E-state index in [9.17, 15) is 0 Å². The zero-order valence-electron chi connectivity index (χ0n) is 9.37. The van der Waals surface area contributed by atoms with E-state index in [1.807, 2.05) is 13.0 Å². The van der Waals surface area contributed by atoms with Crippen molar-refractivity contribution >= 4 is 17.4 Å². The summed E-state index contributed by atoms with van der Waals surface area (Å²) in [6.45, 7) is 4.18. The van der Waals surface area contributed by atoms with Crippen LogP contribution < -0.4 is 4.90 Å². The summed E-state index contributed by atoms with van der Waals surface area (Å²) < 4.78 is 0. The molecular weight excluding hydrogens is 210 g/mol. The van der Waals surface area contributed by atoms with Gasteiger partial charge in [-0.1, -0.05) is 0 Å². The van der Waals surface area contributed by atoms with Gasteiger partial charge in [0.05, 0.1) is 0 Å². The Labute approximate surface area is 95.5 Å². The van der Waals surface area contributed by atoms with Gasteiger partial charge in [0.15, 0.2) is 0 Å². The predicted molar refractivity (Wildman–Crippen MR) is 62.4 cm³/mol. The number of nitrogens with zero attached hydrogens (tertiary/aromatic N) is 3. The van der Waals surface area contributed by atoms with Gasteiger partial charge >= 0.3 is 0 Å². The van der Waals surface area contributed by atoms with Crippen LogP contribution >= 0.6 is 11.6 Å². The van der Waals surface area contributed by atoms with Crippen molar-refractivity contribution in [1.82, 2.24) is 9.97 Å². The van der Waals surface area contributed by atoms with Crippen LogP contribution in [-0.4, -0.2) is 23.1 Å². The molecule has 1 atom stereocenters. The van der Waals surface area contributed by atoms with Crippen molar-refractivity contribution in [2.75, 3.05) is 11.9 Å². The standard InChI is InChI=1S/C11H16ClN3/c1-7-6-10(14-11(12)13-7)15(3)8(2)9-4-5-9/h6,8-9H,4-5H2,1-3H3. The van der Waals surface area contributed by atoms with Crippen molar-refractivity contribution in [3.63, 3.8) is 0 Å². The van der Waals surface area contributed by atoms with E-state index in [1.54, 1.807) is 0 Å². The van der Waals surface area contributed by atoms with Crippen molar-refractivity contribution in [3.8, 4) is 0 Å². The van der Waals surface area contributed by atoms with Gasteiger partial charge in [-0.15, -0.1) is 0 Å². The summed E-state index contributed by atoms with van der Waals surface area (Å²) >= 11 is 5.85. The van der Waals surface area contributed by atoms with E-state index in [2.05, 4.69) is 28.8 Å². The Morgan fingerprint density at radius 1 is 1.47 bits per heavy atom. The van der Waals surface area contributed by atoms with E-state index in [4.69, 9.17) is 11.6 Å². The molecule has 1 aliphatic rings. The van der Waals surface area contributed by atoms with E-state index in [0.29, 0.717) is 11.3 Å². The van der Waals surface area contributed by atoms with Crippen LogP contribution in [0.3, 0.4) is 0 Å². The molecule has 0 aliphatic heterocycles. The molecule has 0 N–H and O–H groups in total. The fourth-order valence-corrected chi connectivity index (χ4v) is 2.02. The second-order valence-electron chi connectivity index (χ2n) is 4.33. The molecule has 0 aromatic carbocycles. The van der Waals surface area contributed by atoms with E-state index in [-0.39, 0.29) is 0 Å². The molecule has 1 aromatic rings. The maximum atomic E-state index is 5.85. The maximum Gasteiger partial charge on any atom is 0.224 e. The SMILES string of the molecule is Cc1cc(N(C)C(C)C2CC2)nc(Cl)n1. The first-order chi connectivity index (χ1) is 7.08. The highest BCUT2D eigenvalue weighted by atomic mass is 35.5. The summed E-state index contributed by atoms with van der Waals surface area (Å²) in [7, 11) is 2.07. The molecule has 0 amide bonds. The molecule has 2 rings (SSSR count). The quantitative estimate of drug-likeness (QED) is 0.741. The smallest absolute Gasteiger partial charge is 0.224 e. The van der Waals surface area contributed by atoms with Gasteiger partial charge in [0.2, 0.25) is 5.28 Å². The van der Waals surface area contributed by atoms with Crippen LogP contribution in [0.25, 0.3) is 0 Å². The third-order valence-corrected chi connectivity index (χ3v) is 3.26. The van der Waals surface area contributed by atoms with Crippen LogP contribution in [-0.2, 0) is 0 Å². The Hall–Kier alpha value is -0.830. The highest BCUT2D eigenvalue weighted by Gasteiger charge is 2.31. The predicted octanol–water partition coefficient (Wildman–Crippen LogP) is 2.67. The average Bonchev–Trinajstić information content (AvgIpc) is 2.97. The first-order valence-corrected chi connectivity index (χ1v) is 5.69. The number of aromatic nitrogens is 2. The Bertz CT molecular complexity index is 343. The van der Waals surface area contributed by atoms with E-state index >= 15 is 0 Å². The van der Waals surface area contributed by atoms with Crippen molar-refractivity contribution in [2.24, 2.45) is 5.92 Å². The molecule has 0 bridgehead atoms. The molecule has 1 aromatic heterocycles. The Kier molecular flexibility index (Phi) is 2.83. The Morgan fingerprint density at radius 2 is 2.13 bits per heavy atom. The van der Waals surface area contributed by atoms with Crippen LogP contribution in [0.1, 0.15) is 25.5 Å². The summed E-state index contributed by atoms with van der Waals surface area (Å²) in [5.41, 5.74) is 0.917. The summed E-state index contributed by atoms with van der Waals surface area (Å²) in [6, 6.07) is 2.51. The largest absolute Gasteiger partial charge is 0.357 e. The third-order valence-electron chi connectivity index (χ3n) is 3.09. The molecule has 0 radical (unpaired) electrons. The van der Waals surface area contributed by atoms with Crippen molar-refractivity contribution in [1.29, 1.82) is 0 Å². The van der Waals surface area contributed by atoms with Crippen LogP contribution in [0.5, 0.6) is 0 Å². The number of halogens is 1. The number of anilines is 1. The van der Waals surface area contributed by atoms with Gasteiger partial charge in [0.1, 0.15) is 5.82 Å². The highest BCUT2D eigenvalue weighted by Crippen LogP contribution is 2.35. The van der Waals surface area contributed by atoms with E-state index in [0.717, 1.165) is 17.4 Å². The molecule has 0 spiro atoms. The molecule has 1 unspecified atom stereocenters. The summed E-state index contributed by atoms with van der Waals surface area (Å²) in [5.74, 6) is 1.75. The summed E-state index contributed by atoms with van der Waals surface area (Å²) in [5, 5.41) is 0.333. The molecule has 0 saturated heterocycles. The minimum atomic E-state index is 0.333. The molecule has 3 nitrogen and oxygen atoms in total. The molecule has 82 valence electrons. The van der Waals surface area contributed by atoms with Gasteiger partial charge in [-0.05, 0) is 44.2 Å². The zero-order chi connectivity index (χ0) is 11.0. The van der Waals surface area contributed by atoms with Crippen LogP contribution in [0.4, 0.5) is 5.82 Å².